The monoisotopic (exact) mass is 570 g/mol. The number of carbonyl (C=O) groups is 1. The first-order valence-corrected chi connectivity index (χ1v) is 20.1. The molecule has 34 heavy (non-hydrogen) atoms. The van der Waals surface area contributed by atoms with Crippen molar-refractivity contribution in [1.29, 1.82) is 0 Å². The number of carbonyl (C=O) groups excluding carboxylic acids is 1. The first-order valence-electron chi connectivity index (χ1n) is 12.5. The van der Waals surface area contributed by atoms with Gasteiger partial charge in [-0.05, 0) is 0 Å². The molecule has 0 aliphatic heterocycles. The minimum atomic E-state index is -2.07. The normalized spacial score (nSPS) is 16.5. The van der Waals surface area contributed by atoms with E-state index in [-0.39, 0.29) is 36.0 Å². The van der Waals surface area contributed by atoms with Crippen LogP contribution in [0.25, 0.3) is 0 Å². The van der Waals surface area contributed by atoms with E-state index in [9.17, 15) is 4.79 Å². The van der Waals surface area contributed by atoms with Crippen LogP contribution in [0.5, 0.6) is 11.5 Å². The Balaban J connectivity index is 2.48. The standard InChI is InChI=1S/C27H46O4SeSi2/c1-20(28)29-25(21-15-13-12-14-16-21)32-24-18-17-22(30-33(8,9)26(2,3)4)19-23(24)31-34(10,11)27(5,6)7/h15,17-19,25H,12-14,16H2,1-11H3. The van der Waals surface area contributed by atoms with E-state index >= 15 is 0 Å². The molecule has 1 unspecified atom stereocenters. The zero-order valence-electron chi connectivity index (χ0n) is 23.3. The maximum atomic E-state index is 12.0. The van der Waals surface area contributed by atoms with Gasteiger partial charge in [0, 0.05) is 0 Å². The van der Waals surface area contributed by atoms with Gasteiger partial charge in [0.25, 0.3) is 0 Å². The second-order valence-corrected chi connectivity index (χ2v) is 24.2. The Labute approximate surface area is 216 Å². The summed E-state index contributed by atoms with van der Waals surface area (Å²) < 4.78 is 20.5. The van der Waals surface area contributed by atoms with Gasteiger partial charge in [0.15, 0.2) is 0 Å². The van der Waals surface area contributed by atoms with Crippen LogP contribution < -0.4 is 13.3 Å². The van der Waals surface area contributed by atoms with Gasteiger partial charge in [0.2, 0.25) is 0 Å². The van der Waals surface area contributed by atoms with Crippen LogP contribution in [0, 0.1) is 0 Å². The first-order chi connectivity index (χ1) is 15.4. The van der Waals surface area contributed by atoms with Crippen LogP contribution in [0.4, 0.5) is 0 Å². The summed E-state index contributed by atoms with van der Waals surface area (Å²) >= 11 is -0.0952. The summed E-state index contributed by atoms with van der Waals surface area (Å²) in [6.45, 7) is 24.1. The Bertz CT molecular complexity index is 895. The van der Waals surface area contributed by atoms with Crippen molar-refractivity contribution >= 4 is 42.0 Å². The molecule has 1 aliphatic carbocycles. The Morgan fingerprint density at radius 3 is 2.03 bits per heavy atom. The molecule has 4 nitrogen and oxygen atoms in total. The molecule has 1 aliphatic rings. The van der Waals surface area contributed by atoms with Gasteiger partial charge in [-0.15, -0.1) is 0 Å². The SMILES string of the molecule is CC(=O)OC([Se]c1ccc(O[Si](C)(C)C(C)(C)C)cc1O[Si](C)(C)C(C)(C)C)C1=CCCCC1. The van der Waals surface area contributed by atoms with E-state index in [0.29, 0.717) is 0 Å². The van der Waals surface area contributed by atoms with Crippen molar-refractivity contribution in [1.82, 2.24) is 0 Å². The predicted molar refractivity (Wildman–Crippen MR) is 150 cm³/mol. The van der Waals surface area contributed by atoms with Crippen molar-refractivity contribution in [3.05, 3.63) is 29.8 Å². The molecule has 0 radical (unpaired) electrons. The van der Waals surface area contributed by atoms with Crippen LogP contribution in [0.1, 0.15) is 74.1 Å². The van der Waals surface area contributed by atoms with Crippen LogP contribution in [0.15, 0.2) is 29.8 Å². The van der Waals surface area contributed by atoms with Gasteiger partial charge in [-0.3, -0.25) is 0 Å². The molecular weight excluding hydrogens is 523 g/mol. The fraction of sp³-hybridized carbons (Fsp3) is 0.667. The third-order valence-electron chi connectivity index (χ3n) is 7.40. The van der Waals surface area contributed by atoms with E-state index in [2.05, 4.69) is 92.0 Å². The summed E-state index contributed by atoms with van der Waals surface area (Å²) in [4.78, 5) is 12.0. The average molecular weight is 570 g/mol. The number of allylic oxidation sites excluding steroid dienone is 1. The molecule has 0 bridgehead atoms. The van der Waals surface area contributed by atoms with Crippen molar-refractivity contribution in [2.75, 3.05) is 0 Å². The van der Waals surface area contributed by atoms with E-state index in [1.165, 1.54) is 18.9 Å². The number of esters is 1. The quantitative estimate of drug-likeness (QED) is 0.189. The Morgan fingerprint density at radius 1 is 0.941 bits per heavy atom. The summed E-state index contributed by atoms with van der Waals surface area (Å²) in [5, 5.41) is 0.0119. The second kappa shape index (κ2) is 10.9. The van der Waals surface area contributed by atoms with Crippen molar-refractivity contribution in [3.63, 3.8) is 0 Å². The zero-order valence-corrected chi connectivity index (χ0v) is 27.0. The molecule has 0 spiro atoms. The summed E-state index contributed by atoms with van der Waals surface area (Å²) in [6.07, 6.45) is 6.72. The van der Waals surface area contributed by atoms with E-state index in [1.807, 2.05) is 0 Å². The molecule has 7 heteroatoms. The van der Waals surface area contributed by atoms with Crippen molar-refractivity contribution in [2.24, 2.45) is 0 Å². The third kappa shape index (κ3) is 7.74. The Kier molecular flexibility index (Phi) is 9.40. The van der Waals surface area contributed by atoms with Crippen molar-refractivity contribution in [3.8, 4) is 11.5 Å². The molecule has 1 aromatic carbocycles. The maximum absolute atomic E-state index is 12.0. The molecule has 1 atom stereocenters. The van der Waals surface area contributed by atoms with Crippen molar-refractivity contribution in [2.45, 2.75) is 115 Å². The molecule has 192 valence electrons. The second-order valence-electron chi connectivity index (χ2n) is 12.4. The number of benzene rings is 1. The van der Waals surface area contributed by atoms with Gasteiger partial charge in [0.05, 0.1) is 0 Å². The summed E-state index contributed by atoms with van der Waals surface area (Å²) in [5.74, 6) is 1.56. The first kappa shape index (κ1) is 29.2. The molecule has 0 saturated carbocycles. The van der Waals surface area contributed by atoms with E-state index in [1.54, 1.807) is 0 Å². The van der Waals surface area contributed by atoms with Crippen LogP contribution >= 0.6 is 0 Å². The van der Waals surface area contributed by atoms with Gasteiger partial charge in [-0.1, -0.05) is 0 Å². The van der Waals surface area contributed by atoms with Gasteiger partial charge in [-0.25, -0.2) is 0 Å². The summed E-state index contributed by atoms with van der Waals surface area (Å²) in [5.41, 5.74) is 1.27. The molecule has 0 N–H and O–H groups in total. The molecule has 1 aromatic rings. The van der Waals surface area contributed by atoms with Gasteiger partial charge >= 0.3 is 217 Å². The number of rotatable bonds is 8. The third-order valence-corrected chi connectivity index (χ3v) is 18.6. The molecule has 2 rings (SSSR count). The zero-order chi connectivity index (χ0) is 25.9. The average Bonchev–Trinajstić information content (AvgIpc) is 2.67. The molecule has 0 amide bonds. The van der Waals surface area contributed by atoms with Crippen LogP contribution in [-0.2, 0) is 9.53 Å². The van der Waals surface area contributed by atoms with Gasteiger partial charge in [-0.2, -0.15) is 0 Å². The Hall–Kier alpha value is -1.02. The van der Waals surface area contributed by atoms with Crippen LogP contribution in [0.3, 0.4) is 0 Å². The summed E-state index contributed by atoms with van der Waals surface area (Å²) in [7, 11) is -4.05. The van der Waals surface area contributed by atoms with E-state index < -0.39 is 16.6 Å². The van der Waals surface area contributed by atoms with Gasteiger partial charge in [0.1, 0.15) is 0 Å². The molecule has 0 aromatic heterocycles. The number of ether oxygens (including phenoxy) is 1. The molecular formula is C27H46O4SeSi2. The fourth-order valence-electron chi connectivity index (χ4n) is 3.12. The Morgan fingerprint density at radius 2 is 1.53 bits per heavy atom. The van der Waals surface area contributed by atoms with E-state index in [4.69, 9.17) is 13.6 Å². The topological polar surface area (TPSA) is 44.8 Å². The van der Waals surface area contributed by atoms with Gasteiger partial charge < -0.3 is 0 Å². The summed E-state index contributed by atoms with van der Waals surface area (Å²) in [6, 6.07) is 6.32. The number of hydrogen-bond acceptors (Lipinski definition) is 4. The molecule has 0 fully saturated rings. The molecule has 0 saturated heterocycles. The fourth-order valence-corrected chi connectivity index (χ4v) is 7.73. The number of hydrogen-bond donors (Lipinski definition) is 0. The van der Waals surface area contributed by atoms with E-state index in [0.717, 1.165) is 35.2 Å². The van der Waals surface area contributed by atoms with Crippen LogP contribution in [-0.4, -0.2) is 42.6 Å². The predicted octanol–water partition coefficient (Wildman–Crippen LogP) is 7.17. The minimum absolute atomic E-state index is 0.0781. The van der Waals surface area contributed by atoms with Crippen LogP contribution in [0.2, 0.25) is 36.3 Å². The molecule has 0 heterocycles. The van der Waals surface area contributed by atoms with Crippen molar-refractivity contribution < 1.29 is 18.4 Å².